The summed E-state index contributed by atoms with van der Waals surface area (Å²) in [5.41, 5.74) is 3.02. The summed E-state index contributed by atoms with van der Waals surface area (Å²) >= 11 is 0. The Labute approximate surface area is 149 Å². The van der Waals surface area contributed by atoms with Crippen molar-refractivity contribution in [3.8, 4) is 6.07 Å². The minimum Gasteiger partial charge on any atom is -0.334 e. The SMILES string of the molecule is N#Cc1ccc(CNC(=O)N2CCC(Cc3ccccc3)CC2)cc1. The van der Waals surface area contributed by atoms with Crippen molar-refractivity contribution >= 4 is 6.03 Å². The van der Waals surface area contributed by atoms with Gasteiger partial charge in [0.1, 0.15) is 0 Å². The number of nitriles is 1. The Morgan fingerprint density at radius 2 is 1.72 bits per heavy atom. The highest BCUT2D eigenvalue weighted by atomic mass is 16.2. The Hall–Kier alpha value is -2.80. The third kappa shape index (κ3) is 4.84. The second kappa shape index (κ2) is 8.34. The lowest BCUT2D eigenvalue weighted by atomic mass is 9.90. The fraction of sp³-hybridized carbons (Fsp3) is 0.333. The van der Waals surface area contributed by atoms with Gasteiger partial charge in [0.15, 0.2) is 0 Å². The predicted molar refractivity (Wildman–Crippen MR) is 97.8 cm³/mol. The summed E-state index contributed by atoms with van der Waals surface area (Å²) in [7, 11) is 0. The monoisotopic (exact) mass is 333 g/mol. The molecular weight excluding hydrogens is 310 g/mol. The third-order valence-corrected chi connectivity index (χ3v) is 4.80. The van der Waals surface area contributed by atoms with Gasteiger partial charge in [0, 0.05) is 19.6 Å². The zero-order chi connectivity index (χ0) is 17.5. The Morgan fingerprint density at radius 3 is 2.36 bits per heavy atom. The standard InChI is InChI=1S/C21H23N3O/c22-15-19-6-8-20(9-7-19)16-23-21(25)24-12-10-18(11-13-24)14-17-4-2-1-3-5-17/h1-9,18H,10-14,16H2,(H,23,25). The molecule has 1 saturated heterocycles. The lowest BCUT2D eigenvalue weighted by molar-refractivity contribution is 0.170. The smallest absolute Gasteiger partial charge is 0.317 e. The van der Waals surface area contributed by atoms with Crippen LogP contribution in [0.2, 0.25) is 0 Å². The third-order valence-electron chi connectivity index (χ3n) is 4.80. The second-order valence-corrected chi connectivity index (χ2v) is 6.59. The number of urea groups is 1. The quantitative estimate of drug-likeness (QED) is 0.927. The van der Waals surface area contributed by atoms with Crippen molar-refractivity contribution in [2.24, 2.45) is 5.92 Å². The van der Waals surface area contributed by atoms with Crippen LogP contribution in [0.4, 0.5) is 4.79 Å². The van der Waals surface area contributed by atoms with Crippen LogP contribution in [0.15, 0.2) is 54.6 Å². The van der Waals surface area contributed by atoms with E-state index in [2.05, 4.69) is 35.7 Å². The maximum absolute atomic E-state index is 12.3. The summed E-state index contributed by atoms with van der Waals surface area (Å²) in [4.78, 5) is 14.2. The van der Waals surface area contributed by atoms with Crippen LogP contribution in [-0.2, 0) is 13.0 Å². The highest BCUT2D eigenvalue weighted by Crippen LogP contribution is 2.21. The normalized spacial score (nSPS) is 14.8. The van der Waals surface area contributed by atoms with Gasteiger partial charge in [-0.3, -0.25) is 0 Å². The minimum atomic E-state index is 0.00233. The van der Waals surface area contributed by atoms with Crippen molar-refractivity contribution in [2.45, 2.75) is 25.8 Å². The van der Waals surface area contributed by atoms with E-state index in [-0.39, 0.29) is 6.03 Å². The first kappa shape index (κ1) is 17.0. The number of nitrogens with one attached hydrogen (secondary N) is 1. The molecule has 0 atom stereocenters. The zero-order valence-corrected chi connectivity index (χ0v) is 14.3. The summed E-state index contributed by atoms with van der Waals surface area (Å²) in [5, 5.41) is 11.8. The largest absolute Gasteiger partial charge is 0.334 e. The maximum Gasteiger partial charge on any atom is 0.317 e. The van der Waals surface area contributed by atoms with Crippen molar-refractivity contribution in [3.63, 3.8) is 0 Å². The molecule has 4 nitrogen and oxygen atoms in total. The van der Waals surface area contributed by atoms with Gasteiger partial charge in [-0.1, -0.05) is 42.5 Å². The van der Waals surface area contributed by atoms with Crippen LogP contribution < -0.4 is 5.32 Å². The molecule has 0 radical (unpaired) electrons. The van der Waals surface area contributed by atoms with Gasteiger partial charge in [-0.2, -0.15) is 5.26 Å². The fourth-order valence-electron chi connectivity index (χ4n) is 3.27. The first-order chi connectivity index (χ1) is 12.2. The predicted octanol–water partition coefficient (Wildman–Crippen LogP) is 3.72. The average Bonchev–Trinajstić information content (AvgIpc) is 2.68. The Bertz CT molecular complexity index is 726. The number of rotatable bonds is 4. The van der Waals surface area contributed by atoms with E-state index in [1.165, 1.54) is 5.56 Å². The van der Waals surface area contributed by atoms with E-state index in [1.807, 2.05) is 23.1 Å². The topological polar surface area (TPSA) is 56.1 Å². The number of nitrogens with zero attached hydrogens (tertiary/aromatic N) is 2. The lowest BCUT2D eigenvalue weighted by Gasteiger charge is -2.32. The van der Waals surface area contributed by atoms with E-state index < -0.39 is 0 Å². The zero-order valence-electron chi connectivity index (χ0n) is 14.3. The number of benzene rings is 2. The van der Waals surface area contributed by atoms with Gasteiger partial charge in [0.25, 0.3) is 0 Å². The van der Waals surface area contributed by atoms with Gasteiger partial charge >= 0.3 is 6.03 Å². The van der Waals surface area contributed by atoms with Crippen molar-refractivity contribution in [1.29, 1.82) is 5.26 Å². The number of hydrogen-bond acceptors (Lipinski definition) is 2. The number of likely N-dealkylation sites (tertiary alicyclic amines) is 1. The van der Waals surface area contributed by atoms with Gasteiger partial charge in [-0.15, -0.1) is 0 Å². The lowest BCUT2D eigenvalue weighted by Crippen LogP contribution is -2.44. The van der Waals surface area contributed by atoms with Crippen LogP contribution in [0.3, 0.4) is 0 Å². The van der Waals surface area contributed by atoms with E-state index in [1.54, 1.807) is 12.1 Å². The maximum atomic E-state index is 12.3. The van der Waals surface area contributed by atoms with Crippen LogP contribution in [0, 0.1) is 17.2 Å². The van der Waals surface area contributed by atoms with Crippen LogP contribution in [0.1, 0.15) is 29.5 Å². The molecule has 0 aliphatic carbocycles. The number of hydrogen-bond donors (Lipinski definition) is 1. The Balaban J connectivity index is 1.42. The van der Waals surface area contributed by atoms with Crippen molar-refractivity contribution in [2.75, 3.05) is 13.1 Å². The summed E-state index contributed by atoms with van der Waals surface area (Å²) in [5.74, 6) is 0.657. The Morgan fingerprint density at radius 1 is 1.04 bits per heavy atom. The van der Waals surface area contributed by atoms with Crippen molar-refractivity contribution < 1.29 is 4.79 Å². The molecule has 0 aromatic heterocycles. The first-order valence-corrected chi connectivity index (χ1v) is 8.80. The number of piperidine rings is 1. The van der Waals surface area contributed by atoms with E-state index >= 15 is 0 Å². The van der Waals surface area contributed by atoms with Crippen molar-refractivity contribution in [3.05, 3.63) is 71.3 Å². The van der Waals surface area contributed by atoms with E-state index in [9.17, 15) is 4.79 Å². The summed E-state index contributed by atoms with van der Waals surface area (Å²) in [6.45, 7) is 2.13. The molecule has 1 fully saturated rings. The van der Waals surface area contributed by atoms with Crippen molar-refractivity contribution in [1.82, 2.24) is 10.2 Å². The van der Waals surface area contributed by atoms with Crippen LogP contribution in [0.5, 0.6) is 0 Å². The van der Waals surface area contributed by atoms with Crippen LogP contribution in [-0.4, -0.2) is 24.0 Å². The highest BCUT2D eigenvalue weighted by molar-refractivity contribution is 5.74. The molecule has 25 heavy (non-hydrogen) atoms. The summed E-state index contributed by atoms with van der Waals surface area (Å²) in [6.07, 6.45) is 3.21. The molecule has 1 N–H and O–H groups in total. The van der Waals surface area contributed by atoms with Gasteiger partial charge in [0.05, 0.1) is 11.6 Å². The molecule has 0 unspecified atom stereocenters. The molecule has 1 aliphatic heterocycles. The molecule has 0 saturated carbocycles. The van der Waals surface area contributed by atoms with Gasteiger partial charge in [-0.25, -0.2) is 4.79 Å². The number of amides is 2. The molecule has 2 amide bonds. The van der Waals surface area contributed by atoms with Crippen LogP contribution in [0.25, 0.3) is 0 Å². The minimum absolute atomic E-state index is 0.00233. The molecule has 0 spiro atoms. The molecule has 3 rings (SSSR count). The van der Waals surface area contributed by atoms with E-state index in [0.717, 1.165) is 37.9 Å². The molecule has 2 aromatic rings. The molecule has 2 aromatic carbocycles. The van der Waals surface area contributed by atoms with Gasteiger partial charge in [0.2, 0.25) is 0 Å². The van der Waals surface area contributed by atoms with Crippen LogP contribution >= 0.6 is 0 Å². The summed E-state index contributed by atoms with van der Waals surface area (Å²) in [6, 6.07) is 20.0. The molecule has 0 bridgehead atoms. The summed E-state index contributed by atoms with van der Waals surface area (Å²) < 4.78 is 0. The molecular formula is C21H23N3O. The molecule has 4 heteroatoms. The van der Waals surface area contributed by atoms with E-state index in [0.29, 0.717) is 18.0 Å². The second-order valence-electron chi connectivity index (χ2n) is 6.59. The average molecular weight is 333 g/mol. The molecule has 1 aliphatic rings. The van der Waals surface area contributed by atoms with Gasteiger partial charge in [-0.05, 0) is 48.4 Å². The first-order valence-electron chi connectivity index (χ1n) is 8.80. The Kier molecular flexibility index (Phi) is 5.69. The highest BCUT2D eigenvalue weighted by Gasteiger charge is 2.22. The fourth-order valence-corrected chi connectivity index (χ4v) is 3.27. The molecule has 1 heterocycles. The number of carbonyl (C=O) groups excluding carboxylic acids is 1. The molecule has 128 valence electrons. The van der Waals surface area contributed by atoms with E-state index in [4.69, 9.17) is 5.26 Å². The number of carbonyl (C=O) groups is 1. The van der Waals surface area contributed by atoms with Gasteiger partial charge < -0.3 is 10.2 Å².